The van der Waals surface area contributed by atoms with Gasteiger partial charge in [-0.3, -0.25) is 25.0 Å². The lowest BCUT2D eigenvalue weighted by Crippen LogP contribution is -2.29. The van der Waals surface area contributed by atoms with Crippen molar-refractivity contribution in [2.24, 2.45) is 0 Å². The van der Waals surface area contributed by atoms with Crippen molar-refractivity contribution in [1.82, 2.24) is 5.32 Å². The fourth-order valence-corrected chi connectivity index (χ4v) is 3.87. The highest BCUT2D eigenvalue weighted by Gasteiger charge is 2.20. The summed E-state index contributed by atoms with van der Waals surface area (Å²) in [6.07, 6.45) is 1.76. The summed E-state index contributed by atoms with van der Waals surface area (Å²) in [7, 11) is -7.45. The largest absolute Gasteiger partial charge is 0.378 e. The zero-order valence-electron chi connectivity index (χ0n) is 16.8. The second kappa shape index (κ2) is 9.27. The first-order valence-electron chi connectivity index (χ1n) is 8.70. The number of carbonyl (C=O) groups is 1. The van der Waals surface area contributed by atoms with E-state index in [0.717, 1.165) is 36.8 Å². The molecule has 2 aromatic carbocycles. The number of anilines is 1. The van der Waals surface area contributed by atoms with E-state index >= 15 is 0 Å². The molecular weight excluding hydrogens is 468 g/mol. The standard InChI is InChI=1S/C17H18N4O9S2/c1-31(27,28)13-3-4-15(16(10-13)21(25)26)18-5-6-19-17(22)11-7-12(20(23)24)9-14(8-11)32(2,29)30/h3-4,7-10,18H,5-6H2,1-2H3,(H,19,22). The van der Waals surface area contributed by atoms with E-state index < -0.39 is 51.7 Å². The molecule has 32 heavy (non-hydrogen) atoms. The van der Waals surface area contributed by atoms with Crippen molar-refractivity contribution < 1.29 is 31.5 Å². The number of carbonyl (C=O) groups excluding carboxylic acids is 1. The number of benzene rings is 2. The molecule has 172 valence electrons. The molecule has 0 spiro atoms. The molecule has 1 amide bonds. The van der Waals surface area contributed by atoms with Crippen LogP contribution in [0, 0.1) is 20.2 Å². The number of hydrogen-bond donors (Lipinski definition) is 2. The lowest BCUT2D eigenvalue weighted by atomic mass is 10.2. The lowest BCUT2D eigenvalue weighted by Gasteiger charge is -2.10. The molecule has 0 saturated heterocycles. The Hall–Kier alpha value is -3.59. The molecule has 0 radical (unpaired) electrons. The molecule has 0 fully saturated rings. The molecule has 2 N–H and O–H groups in total. The normalized spacial score (nSPS) is 11.6. The molecule has 0 aromatic heterocycles. The Balaban J connectivity index is 2.12. The maximum Gasteiger partial charge on any atom is 0.293 e. The van der Waals surface area contributed by atoms with Crippen LogP contribution in [0.4, 0.5) is 17.1 Å². The highest BCUT2D eigenvalue weighted by atomic mass is 32.2. The summed E-state index contributed by atoms with van der Waals surface area (Å²) >= 11 is 0. The minimum Gasteiger partial charge on any atom is -0.378 e. The Morgan fingerprint density at radius 1 is 0.875 bits per heavy atom. The van der Waals surface area contributed by atoms with Crippen LogP contribution >= 0.6 is 0 Å². The first kappa shape index (κ1) is 24.7. The summed E-state index contributed by atoms with van der Waals surface area (Å²) in [4.78, 5) is 32.3. The van der Waals surface area contributed by atoms with Crippen LogP contribution in [0.2, 0.25) is 0 Å². The summed E-state index contributed by atoms with van der Waals surface area (Å²) in [6, 6.07) is 6.08. The monoisotopic (exact) mass is 486 g/mol. The maximum atomic E-state index is 12.3. The second-order valence-corrected chi connectivity index (χ2v) is 10.7. The first-order chi connectivity index (χ1) is 14.7. The smallest absolute Gasteiger partial charge is 0.293 e. The third-order valence-electron chi connectivity index (χ3n) is 4.11. The third kappa shape index (κ3) is 6.21. The Morgan fingerprint density at radius 3 is 2.03 bits per heavy atom. The van der Waals surface area contributed by atoms with Gasteiger partial charge in [-0.25, -0.2) is 16.8 Å². The Labute approximate surface area is 182 Å². The molecule has 0 bridgehead atoms. The first-order valence-corrected chi connectivity index (χ1v) is 12.5. The number of rotatable bonds is 9. The number of nitro benzene ring substituents is 2. The van der Waals surface area contributed by atoms with Gasteiger partial charge in [-0.2, -0.15) is 0 Å². The van der Waals surface area contributed by atoms with Gasteiger partial charge in [0.05, 0.1) is 19.6 Å². The number of amides is 1. The van der Waals surface area contributed by atoms with Gasteiger partial charge in [0.2, 0.25) is 0 Å². The SMILES string of the molecule is CS(=O)(=O)c1cc(C(=O)NCCNc2ccc(S(C)(=O)=O)cc2[N+](=O)[O-])cc([N+](=O)[O-])c1. The van der Waals surface area contributed by atoms with Crippen LogP contribution < -0.4 is 10.6 Å². The highest BCUT2D eigenvalue weighted by Crippen LogP contribution is 2.27. The summed E-state index contributed by atoms with van der Waals surface area (Å²) in [5.74, 6) is -0.790. The van der Waals surface area contributed by atoms with E-state index in [1.165, 1.54) is 12.1 Å². The summed E-state index contributed by atoms with van der Waals surface area (Å²) in [5, 5.41) is 27.3. The zero-order chi connectivity index (χ0) is 24.3. The molecule has 13 nitrogen and oxygen atoms in total. The molecule has 0 aliphatic heterocycles. The fourth-order valence-electron chi connectivity index (χ4n) is 2.55. The van der Waals surface area contributed by atoms with E-state index in [-0.39, 0.29) is 29.2 Å². The Kier molecular flexibility index (Phi) is 7.15. The topological polar surface area (TPSA) is 196 Å². The molecule has 0 unspecified atom stereocenters. The molecule has 0 aliphatic carbocycles. The summed E-state index contributed by atoms with van der Waals surface area (Å²) < 4.78 is 46.6. The number of nitrogens with one attached hydrogen (secondary N) is 2. The van der Waals surface area contributed by atoms with E-state index in [2.05, 4.69) is 10.6 Å². The predicted molar refractivity (Wildman–Crippen MR) is 113 cm³/mol. The summed E-state index contributed by atoms with van der Waals surface area (Å²) in [6.45, 7) is -0.0978. The molecule has 0 atom stereocenters. The van der Waals surface area contributed by atoms with E-state index in [0.29, 0.717) is 0 Å². The quantitative estimate of drug-likeness (QED) is 0.295. The number of nitrogens with zero attached hydrogens (tertiary/aromatic N) is 2. The van der Waals surface area contributed by atoms with Gasteiger partial charge < -0.3 is 10.6 Å². The minimum absolute atomic E-state index is 0.0152. The fraction of sp³-hybridized carbons (Fsp3) is 0.235. The number of nitro groups is 2. The van der Waals surface area contributed by atoms with E-state index in [1.54, 1.807) is 0 Å². The Bertz CT molecular complexity index is 1310. The van der Waals surface area contributed by atoms with E-state index in [9.17, 15) is 41.9 Å². The summed E-state index contributed by atoms with van der Waals surface area (Å²) in [5.41, 5.74) is -1.28. The van der Waals surface area contributed by atoms with Crippen LogP contribution in [0.15, 0.2) is 46.2 Å². The average molecular weight is 486 g/mol. The van der Waals surface area contributed by atoms with Crippen LogP contribution in [-0.2, 0) is 19.7 Å². The van der Waals surface area contributed by atoms with Gasteiger partial charge in [-0.1, -0.05) is 0 Å². The van der Waals surface area contributed by atoms with Gasteiger partial charge in [0, 0.05) is 49.4 Å². The second-order valence-electron chi connectivity index (χ2n) is 6.64. The van der Waals surface area contributed by atoms with Crippen molar-refractivity contribution in [3.05, 3.63) is 62.2 Å². The lowest BCUT2D eigenvalue weighted by molar-refractivity contribution is -0.385. The van der Waals surface area contributed by atoms with Crippen LogP contribution in [0.3, 0.4) is 0 Å². The predicted octanol–water partition coefficient (Wildman–Crippen LogP) is 1.15. The van der Waals surface area contributed by atoms with Gasteiger partial charge >= 0.3 is 0 Å². The van der Waals surface area contributed by atoms with Crippen LogP contribution in [-0.4, -0.2) is 58.2 Å². The minimum atomic E-state index is -3.81. The van der Waals surface area contributed by atoms with Crippen molar-refractivity contribution in [2.45, 2.75) is 9.79 Å². The Morgan fingerprint density at radius 2 is 1.50 bits per heavy atom. The molecule has 2 aromatic rings. The van der Waals surface area contributed by atoms with Gasteiger partial charge in [0.15, 0.2) is 19.7 Å². The van der Waals surface area contributed by atoms with E-state index in [4.69, 9.17) is 0 Å². The third-order valence-corrected chi connectivity index (χ3v) is 6.31. The molecular formula is C17H18N4O9S2. The van der Waals surface area contributed by atoms with Crippen molar-refractivity contribution >= 4 is 42.6 Å². The average Bonchev–Trinajstić information content (AvgIpc) is 2.69. The molecule has 2 rings (SSSR count). The van der Waals surface area contributed by atoms with Crippen LogP contribution in [0.1, 0.15) is 10.4 Å². The number of sulfone groups is 2. The molecule has 0 aliphatic rings. The van der Waals surface area contributed by atoms with Crippen molar-refractivity contribution in [3.8, 4) is 0 Å². The van der Waals surface area contributed by atoms with Crippen molar-refractivity contribution in [3.63, 3.8) is 0 Å². The van der Waals surface area contributed by atoms with E-state index in [1.807, 2.05) is 0 Å². The van der Waals surface area contributed by atoms with Crippen molar-refractivity contribution in [2.75, 3.05) is 30.9 Å². The molecule has 0 heterocycles. The number of hydrogen-bond acceptors (Lipinski definition) is 10. The highest BCUT2D eigenvalue weighted by molar-refractivity contribution is 7.91. The molecule has 0 saturated carbocycles. The van der Waals surface area contributed by atoms with Gasteiger partial charge in [0.25, 0.3) is 17.3 Å². The molecule has 15 heteroatoms. The number of non-ortho nitro benzene ring substituents is 1. The van der Waals surface area contributed by atoms with Crippen LogP contribution in [0.5, 0.6) is 0 Å². The zero-order valence-corrected chi connectivity index (χ0v) is 18.4. The van der Waals surface area contributed by atoms with Gasteiger partial charge in [-0.05, 0) is 18.2 Å². The maximum absolute atomic E-state index is 12.3. The van der Waals surface area contributed by atoms with Gasteiger partial charge in [-0.15, -0.1) is 0 Å². The van der Waals surface area contributed by atoms with Crippen LogP contribution in [0.25, 0.3) is 0 Å². The van der Waals surface area contributed by atoms with Gasteiger partial charge in [0.1, 0.15) is 5.69 Å². The van der Waals surface area contributed by atoms with Crippen molar-refractivity contribution in [1.29, 1.82) is 0 Å².